The van der Waals surface area contributed by atoms with Crippen LogP contribution >= 0.6 is 0 Å². The first kappa shape index (κ1) is 58.1. The van der Waals surface area contributed by atoms with Gasteiger partial charge in [0.15, 0.2) is 0 Å². The molecule has 0 atom stereocenters. The lowest BCUT2D eigenvalue weighted by atomic mass is 9.95. The molecule has 17 aromatic carbocycles. The van der Waals surface area contributed by atoms with Gasteiger partial charge in [-0.05, 0) is 209 Å². The van der Waals surface area contributed by atoms with Crippen LogP contribution in [0.2, 0.25) is 0 Å². The number of benzene rings is 17. The summed E-state index contributed by atoms with van der Waals surface area (Å²) in [4.78, 5) is 4.76. The zero-order chi connectivity index (χ0) is 66.0. The topological polar surface area (TPSA) is 32.8 Å². The lowest BCUT2D eigenvalue weighted by molar-refractivity contribution is 0.672. The van der Waals surface area contributed by atoms with Crippen LogP contribution in [0.1, 0.15) is 0 Å². The molecule has 0 saturated carbocycles. The van der Waals surface area contributed by atoms with Gasteiger partial charge in [0, 0.05) is 66.4 Å². The second kappa shape index (κ2) is 24.4. The molecule has 100 heavy (non-hydrogen) atoms. The number of nitrogens with zero attached hydrogens (tertiary/aromatic N) is 2. The lowest BCUT2D eigenvalue weighted by Gasteiger charge is -2.27. The van der Waals surface area contributed by atoms with Crippen LogP contribution in [0, 0.1) is 0 Å². The quantitative estimate of drug-likeness (QED) is 0.115. The van der Waals surface area contributed by atoms with Crippen molar-refractivity contribution in [3.63, 3.8) is 0 Å². The molecule has 2 heterocycles. The van der Waals surface area contributed by atoms with Crippen molar-refractivity contribution >= 4 is 110 Å². The molecule has 0 N–H and O–H groups in total. The third kappa shape index (κ3) is 10.4. The minimum absolute atomic E-state index is 0.851. The Bertz CT molecular complexity index is 6350. The van der Waals surface area contributed by atoms with Gasteiger partial charge in [-0.1, -0.05) is 267 Å². The van der Waals surface area contributed by atoms with Crippen molar-refractivity contribution in [1.82, 2.24) is 0 Å². The van der Waals surface area contributed by atoms with Crippen molar-refractivity contribution < 1.29 is 8.83 Å². The summed E-state index contributed by atoms with van der Waals surface area (Å²) in [6.07, 6.45) is 0. The van der Waals surface area contributed by atoms with Crippen LogP contribution in [0.25, 0.3) is 154 Å². The first-order valence-electron chi connectivity index (χ1n) is 34.2. The smallest absolute Gasteiger partial charge is 0.143 e. The number of hydrogen-bond acceptors (Lipinski definition) is 4. The lowest BCUT2D eigenvalue weighted by Crippen LogP contribution is -2.10. The van der Waals surface area contributed by atoms with Gasteiger partial charge in [-0.15, -0.1) is 0 Å². The third-order valence-electron chi connectivity index (χ3n) is 20.0. The van der Waals surface area contributed by atoms with Crippen molar-refractivity contribution in [2.24, 2.45) is 0 Å². The second-order valence-electron chi connectivity index (χ2n) is 25.9. The first-order chi connectivity index (χ1) is 49.5. The maximum absolute atomic E-state index is 7.01. The summed E-state index contributed by atoms with van der Waals surface area (Å²) in [5.74, 6) is 0. The fraction of sp³-hybridized carbons (Fsp3) is 0. The summed E-state index contributed by atoms with van der Waals surface area (Å²) in [5.41, 5.74) is 25.8. The average molecular weight is 1280 g/mol. The minimum atomic E-state index is 0.851. The molecule has 4 heteroatoms. The Labute approximate surface area is 579 Å². The highest BCUT2D eigenvalue weighted by molar-refractivity contribution is 6.21. The van der Waals surface area contributed by atoms with E-state index >= 15 is 0 Å². The van der Waals surface area contributed by atoms with E-state index in [2.05, 4.69) is 386 Å². The molecule has 0 bridgehead atoms. The molecule has 0 unspecified atom stereocenters. The van der Waals surface area contributed by atoms with Crippen LogP contribution < -0.4 is 9.80 Å². The van der Waals surface area contributed by atoms with Gasteiger partial charge in [-0.2, -0.15) is 0 Å². The molecule has 0 radical (unpaired) electrons. The Morgan fingerprint density at radius 3 is 1.01 bits per heavy atom. The highest BCUT2D eigenvalue weighted by Gasteiger charge is 2.22. The summed E-state index contributed by atoms with van der Waals surface area (Å²) in [5, 5.41) is 11.3. The number of furan rings is 2. The molecule has 0 saturated heterocycles. The maximum Gasteiger partial charge on any atom is 0.143 e. The van der Waals surface area contributed by atoms with Crippen molar-refractivity contribution in [3.8, 4) is 77.9 Å². The Kier molecular flexibility index (Phi) is 14.2. The summed E-state index contributed by atoms with van der Waals surface area (Å²) in [6.45, 7) is 0. The zero-order valence-electron chi connectivity index (χ0n) is 54.5. The van der Waals surface area contributed by atoms with E-state index in [9.17, 15) is 0 Å². The summed E-state index contributed by atoms with van der Waals surface area (Å²) in [6, 6.07) is 136. The molecule has 19 rings (SSSR count). The Morgan fingerprint density at radius 1 is 0.170 bits per heavy atom. The van der Waals surface area contributed by atoms with Crippen molar-refractivity contribution in [2.75, 3.05) is 9.80 Å². The molecule has 0 aliphatic heterocycles. The van der Waals surface area contributed by atoms with Crippen LogP contribution in [0.3, 0.4) is 0 Å². The molecule has 2 aromatic heterocycles. The molecule has 0 fully saturated rings. The number of anilines is 6. The predicted molar refractivity (Wildman–Crippen MR) is 421 cm³/mol. The van der Waals surface area contributed by atoms with Gasteiger partial charge in [0.25, 0.3) is 0 Å². The summed E-state index contributed by atoms with van der Waals surface area (Å²) < 4.78 is 13.7. The largest absolute Gasteiger partial charge is 0.455 e. The van der Waals surface area contributed by atoms with E-state index < -0.39 is 0 Å². The molecule has 0 spiro atoms. The fourth-order valence-corrected chi connectivity index (χ4v) is 15.1. The normalized spacial score (nSPS) is 11.6. The van der Waals surface area contributed by atoms with Crippen LogP contribution in [0.5, 0.6) is 0 Å². The van der Waals surface area contributed by atoms with E-state index in [-0.39, 0.29) is 0 Å². The second-order valence-corrected chi connectivity index (χ2v) is 25.9. The van der Waals surface area contributed by atoms with Crippen LogP contribution in [-0.2, 0) is 0 Å². The molecule has 19 aromatic rings. The molecule has 0 aliphatic carbocycles. The first-order valence-corrected chi connectivity index (χ1v) is 34.2. The molecule has 0 aliphatic rings. The standard InChI is InChI=1S/C96H62N2O2/c1-3-18-63(19-4-1)72-25-11-30-80(57-72)97(79-52-48-68(49-53-79)75-46-44-65-22-7-8-24-71(65)56-75)83-33-14-28-77(60-83)86-37-17-39-92-94(86)89-55-51-70-45-47-76(62-90(70)96(89)100-92)67-42-40-66(41-43-67)74-27-13-32-82(59-74)98(81-31-12-26-73(58-81)64-20-5-2-6-21-64)84-34-15-29-78(61-84)85-36-16-38-91-93(85)88-54-50-69-23-9-10-35-87(69)95(88)99-91/h1-62H. The average Bonchev–Trinajstić information content (AvgIpc) is 1.50. The van der Waals surface area contributed by atoms with Gasteiger partial charge in [-0.25, -0.2) is 0 Å². The Hall–Kier alpha value is -13.3. The predicted octanol–water partition coefficient (Wildman–Crippen LogP) is 27.6. The molecule has 0 amide bonds. The van der Waals surface area contributed by atoms with E-state index in [1.807, 2.05) is 0 Å². The zero-order valence-corrected chi connectivity index (χ0v) is 54.5. The van der Waals surface area contributed by atoms with Crippen LogP contribution in [-0.4, -0.2) is 0 Å². The third-order valence-corrected chi connectivity index (χ3v) is 20.0. The molecule has 4 nitrogen and oxygen atoms in total. The van der Waals surface area contributed by atoms with Crippen LogP contribution in [0.4, 0.5) is 34.1 Å². The highest BCUT2D eigenvalue weighted by Crippen LogP contribution is 2.47. The fourth-order valence-electron chi connectivity index (χ4n) is 15.1. The number of rotatable bonds is 13. The van der Waals surface area contributed by atoms with E-state index in [0.29, 0.717) is 0 Å². The van der Waals surface area contributed by atoms with Gasteiger partial charge in [-0.3, -0.25) is 0 Å². The van der Waals surface area contributed by atoms with Crippen molar-refractivity contribution in [1.29, 1.82) is 0 Å². The van der Waals surface area contributed by atoms with E-state index in [0.717, 1.165) is 155 Å². The summed E-state index contributed by atoms with van der Waals surface area (Å²) in [7, 11) is 0. The summed E-state index contributed by atoms with van der Waals surface area (Å²) >= 11 is 0. The van der Waals surface area contributed by atoms with Gasteiger partial charge >= 0.3 is 0 Å². The number of hydrogen-bond donors (Lipinski definition) is 0. The maximum atomic E-state index is 7.01. The molecule has 468 valence electrons. The van der Waals surface area contributed by atoms with Crippen molar-refractivity contribution in [2.45, 2.75) is 0 Å². The van der Waals surface area contributed by atoms with E-state index in [1.165, 1.54) is 33.0 Å². The van der Waals surface area contributed by atoms with Gasteiger partial charge < -0.3 is 18.6 Å². The van der Waals surface area contributed by atoms with Gasteiger partial charge in [0.05, 0.1) is 0 Å². The Morgan fingerprint density at radius 2 is 0.500 bits per heavy atom. The molecular weight excluding hydrogens is 1210 g/mol. The van der Waals surface area contributed by atoms with Crippen molar-refractivity contribution in [3.05, 3.63) is 376 Å². The molecular formula is C96H62N2O2. The van der Waals surface area contributed by atoms with Crippen LogP contribution in [0.15, 0.2) is 385 Å². The SMILES string of the molecule is c1ccc(-c2cccc(N(c3ccc(-c4ccc5ccccc5c4)cc3)c3cccc(-c4cccc5oc6c7cc(-c8ccc(-c9cccc(N(c%10cccc(-c%11ccccc%11)c%10)c%10cccc(-c%11cccc%12oc%13c%14ccccc%14ccc%13c%11%12)c%10)c9)cc8)ccc7ccc6c45)c3)c2)cc1. The highest BCUT2D eigenvalue weighted by atomic mass is 16.3. The van der Waals surface area contributed by atoms with E-state index in [1.54, 1.807) is 0 Å². The monoisotopic (exact) mass is 1270 g/mol. The van der Waals surface area contributed by atoms with Gasteiger partial charge in [0.1, 0.15) is 22.3 Å². The number of fused-ring (bicyclic) bond motifs is 11. The Balaban J connectivity index is 0.657. The minimum Gasteiger partial charge on any atom is -0.455 e. The van der Waals surface area contributed by atoms with Gasteiger partial charge in [0.2, 0.25) is 0 Å². The van der Waals surface area contributed by atoms with E-state index in [4.69, 9.17) is 8.83 Å².